The molecule has 0 radical (unpaired) electrons. The molecule has 0 fully saturated rings. The number of hydrogen-bond donors (Lipinski definition) is 1. The summed E-state index contributed by atoms with van der Waals surface area (Å²) in [6, 6.07) is 15.4. The van der Waals surface area contributed by atoms with E-state index in [0.29, 0.717) is 18.7 Å². The Morgan fingerprint density at radius 2 is 1.70 bits per heavy atom. The van der Waals surface area contributed by atoms with E-state index < -0.39 is 6.04 Å². The van der Waals surface area contributed by atoms with Gasteiger partial charge in [0.15, 0.2) is 6.61 Å². The second kappa shape index (κ2) is 11.9. The molecule has 180 valence electrons. The van der Waals surface area contributed by atoms with Crippen molar-refractivity contribution < 1.29 is 14.3 Å². The van der Waals surface area contributed by atoms with Crippen molar-refractivity contribution >= 4 is 11.8 Å². The first kappa shape index (κ1) is 26.4. The smallest absolute Gasteiger partial charge is 0.261 e. The molecule has 0 aliphatic heterocycles. The maximum Gasteiger partial charge on any atom is 0.261 e. The lowest BCUT2D eigenvalue weighted by Gasteiger charge is -2.31. The van der Waals surface area contributed by atoms with Gasteiger partial charge in [-0.3, -0.25) is 9.59 Å². The van der Waals surface area contributed by atoms with E-state index in [1.165, 1.54) is 5.56 Å². The average Bonchev–Trinajstić information content (AvgIpc) is 2.77. The lowest BCUT2D eigenvalue weighted by Crippen LogP contribution is -2.51. The van der Waals surface area contributed by atoms with Crippen LogP contribution in [0.3, 0.4) is 0 Å². The second-order valence-corrected chi connectivity index (χ2v) is 9.82. The van der Waals surface area contributed by atoms with Crippen LogP contribution in [0, 0.1) is 6.92 Å². The Labute approximate surface area is 199 Å². The Morgan fingerprint density at radius 3 is 2.24 bits per heavy atom. The highest BCUT2D eigenvalue weighted by molar-refractivity contribution is 5.88. The molecular formula is C28H40N2O3. The van der Waals surface area contributed by atoms with Crippen molar-refractivity contribution in [1.29, 1.82) is 0 Å². The Kier molecular flexibility index (Phi) is 9.51. The van der Waals surface area contributed by atoms with Crippen LogP contribution < -0.4 is 10.1 Å². The Balaban J connectivity index is 2.20. The first-order chi connectivity index (χ1) is 15.5. The number of benzene rings is 2. The highest BCUT2D eigenvalue weighted by Gasteiger charge is 2.29. The van der Waals surface area contributed by atoms with Gasteiger partial charge in [0.25, 0.3) is 5.91 Å². The zero-order chi connectivity index (χ0) is 24.6. The summed E-state index contributed by atoms with van der Waals surface area (Å²) in [4.78, 5) is 28.0. The van der Waals surface area contributed by atoms with Crippen LogP contribution in [0.5, 0.6) is 5.75 Å². The maximum atomic E-state index is 13.3. The van der Waals surface area contributed by atoms with Crippen molar-refractivity contribution in [2.45, 2.75) is 85.4 Å². The molecule has 1 N–H and O–H groups in total. The normalized spacial score (nSPS) is 13.2. The summed E-state index contributed by atoms with van der Waals surface area (Å²) in [6.07, 6.45) is 1.36. The highest BCUT2D eigenvalue weighted by Crippen LogP contribution is 2.24. The van der Waals surface area contributed by atoms with Gasteiger partial charge in [-0.05, 0) is 55.4 Å². The zero-order valence-electron chi connectivity index (χ0n) is 21.3. The van der Waals surface area contributed by atoms with Crippen molar-refractivity contribution in [3.63, 3.8) is 0 Å². The topological polar surface area (TPSA) is 58.6 Å². The van der Waals surface area contributed by atoms with Gasteiger partial charge in [-0.25, -0.2) is 0 Å². The van der Waals surface area contributed by atoms with Crippen LogP contribution in [0.2, 0.25) is 0 Å². The van der Waals surface area contributed by atoms with Gasteiger partial charge in [0.2, 0.25) is 5.91 Å². The number of carbonyl (C=O) groups excluding carboxylic acids is 2. The van der Waals surface area contributed by atoms with Crippen molar-refractivity contribution in [1.82, 2.24) is 10.2 Å². The lowest BCUT2D eigenvalue weighted by molar-refractivity contribution is -0.143. The lowest BCUT2D eigenvalue weighted by atomic mass is 9.87. The Hall–Kier alpha value is -2.82. The first-order valence-electron chi connectivity index (χ1n) is 11.9. The molecule has 0 bridgehead atoms. The maximum absolute atomic E-state index is 13.3. The van der Waals surface area contributed by atoms with E-state index in [1.807, 2.05) is 76.2 Å². The monoisotopic (exact) mass is 452 g/mol. The molecular weight excluding hydrogens is 412 g/mol. The van der Waals surface area contributed by atoms with Crippen LogP contribution in [0.4, 0.5) is 0 Å². The highest BCUT2D eigenvalue weighted by atomic mass is 16.5. The molecule has 0 aliphatic carbocycles. The number of nitrogens with one attached hydrogen (secondary N) is 1. The predicted octanol–water partition coefficient (Wildman–Crippen LogP) is 5.39. The number of amides is 2. The SMILES string of the molecule is CC[C@@H](C)NC(=O)[C@@H](CC)N(Cc1cccc(C)c1)C(=O)COc1ccc(C(C)(C)C)cc1. The minimum Gasteiger partial charge on any atom is -0.484 e. The quantitative estimate of drug-likeness (QED) is 0.526. The minimum absolute atomic E-state index is 0.0519. The molecule has 33 heavy (non-hydrogen) atoms. The molecule has 5 nitrogen and oxygen atoms in total. The van der Waals surface area contributed by atoms with E-state index in [0.717, 1.165) is 17.5 Å². The van der Waals surface area contributed by atoms with Gasteiger partial charge in [-0.2, -0.15) is 0 Å². The summed E-state index contributed by atoms with van der Waals surface area (Å²) in [6.45, 7) is 14.7. The van der Waals surface area contributed by atoms with Crippen LogP contribution in [0.15, 0.2) is 48.5 Å². The van der Waals surface area contributed by atoms with E-state index in [1.54, 1.807) is 4.90 Å². The van der Waals surface area contributed by atoms with Gasteiger partial charge in [0.05, 0.1) is 0 Å². The van der Waals surface area contributed by atoms with Gasteiger partial charge in [-0.15, -0.1) is 0 Å². The standard InChI is InChI=1S/C28H40N2O3/c1-8-21(4)29-27(32)25(9-2)30(18-22-12-10-11-20(3)17-22)26(31)19-33-24-15-13-23(14-16-24)28(5,6)7/h10-17,21,25H,8-9,18-19H2,1-7H3,(H,29,32)/t21-,25-/m1/s1. The summed E-state index contributed by atoms with van der Waals surface area (Å²) >= 11 is 0. The van der Waals surface area contributed by atoms with Crippen LogP contribution in [0.1, 0.15) is 71.1 Å². The molecule has 0 saturated heterocycles. The van der Waals surface area contributed by atoms with E-state index >= 15 is 0 Å². The second-order valence-electron chi connectivity index (χ2n) is 9.82. The van der Waals surface area contributed by atoms with Crippen molar-refractivity contribution in [3.8, 4) is 5.75 Å². The van der Waals surface area contributed by atoms with Gasteiger partial charge in [0.1, 0.15) is 11.8 Å². The number of aryl methyl sites for hydroxylation is 1. The molecule has 0 unspecified atom stereocenters. The largest absolute Gasteiger partial charge is 0.484 e. The molecule has 0 aliphatic rings. The average molecular weight is 453 g/mol. The van der Waals surface area contributed by atoms with Crippen molar-refractivity contribution in [2.75, 3.05) is 6.61 Å². The molecule has 0 aromatic heterocycles. The third-order valence-electron chi connectivity index (χ3n) is 5.91. The molecule has 2 amide bonds. The number of nitrogens with zero attached hydrogens (tertiary/aromatic N) is 1. The van der Waals surface area contributed by atoms with Crippen LogP contribution in [-0.2, 0) is 21.5 Å². The van der Waals surface area contributed by atoms with E-state index in [-0.39, 0.29) is 29.9 Å². The van der Waals surface area contributed by atoms with E-state index in [9.17, 15) is 9.59 Å². The summed E-state index contributed by atoms with van der Waals surface area (Å²) in [5.41, 5.74) is 3.37. The minimum atomic E-state index is -0.557. The molecule has 2 aromatic rings. The van der Waals surface area contributed by atoms with Gasteiger partial charge in [0, 0.05) is 12.6 Å². The zero-order valence-corrected chi connectivity index (χ0v) is 21.3. The van der Waals surface area contributed by atoms with Crippen molar-refractivity contribution in [2.24, 2.45) is 0 Å². The molecule has 0 spiro atoms. The van der Waals surface area contributed by atoms with Gasteiger partial charge < -0.3 is 15.0 Å². The molecule has 2 aromatic carbocycles. The molecule has 2 atom stereocenters. The number of hydrogen-bond acceptors (Lipinski definition) is 3. The Morgan fingerprint density at radius 1 is 1.03 bits per heavy atom. The van der Waals surface area contributed by atoms with Gasteiger partial charge >= 0.3 is 0 Å². The summed E-state index contributed by atoms with van der Waals surface area (Å²) in [5, 5.41) is 3.03. The van der Waals surface area contributed by atoms with Crippen molar-refractivity contribution in [3.05, 3.63) is 65.2 Å². The number of ether oxygens (including phenoxy) is 1. The third-order valence-corrected chi connectivity index (χ3v) is 5.91. The van der Waals surface area contributed by atoms with Crippen LogP contribution in [0.25, 0.3) is 0 Å². The van der Waals surface area contributed by atoms with E-state index in [2.05, 4.69) is 26.1 Å². The fraction of sp³-hybridized carbons (Fsp3) is 0.500. The molecule has 5 heteroatoms. The number of rotatable bonds is 10. The van der Waals surface area contributed by atoms with E-state index in [4.69, 9.17) is 4.74 Å². The summed E-state index contributed by atoms with van der Waals surface area (Å²) < 4.78 is 5.83. The molecule has 0 heterocycles. The van der Waals surface area contributed by atoms with Gasteiger partial charge in [-0.1, -0.05) is 76.6 Å². The first-order valence-corrected chi connectivity index (χ1v) is 11.9. The fourth-order valence-corrected chi connectivity index (χ4v) is 3.65. The molecule has 0 saturated carbocycles. The third kappa shape index (κ3) is 7.92. The summed E-state index contributed by atoms with van der Waals surface area (Å²) in [5.74, 6) is 0.314. The fourth-order valence-electron chi connectivity index (χ4n) is 3.65. The Bertz CT molecular complexity index is 915. The van der Waals surface area contributed by atoms with Crippen LogP contribution >= 0.6 is 0 Å². The van der Waals surface area contributed by atoms with Crippen LogP contribution in [-0.4, -0.2) is 35.4 Å². The summed E-state index contributed by atoms with van der Waals surface area (Å²) in [7, 11) is 0. The predicted molar refractivity (Wildman–Crippen MR) is 134 cm³/mol. The molecule has 2 rings (SSSR count). The number of carbonyl (C=O) groups is 2.